The van der Waals surface area contributed by atoms with Gasteiger partial charge in [-0.25, -0.2) is 4.39 Å². The Morgan fingerprint density at radius 3 is 2.58 bits per heavy atom. The molecular weight excluding hydrogens is 463 g/mol. The highest BCUT2D eigenvalue weighted by Crippen LogP contribution is 2.32. The van der Waals surface area contributed by atoms with Gasteiger partial charge in [0, 0.05) is 67.1 Å². The molecule has 0 aromatic heterocycles. The fourth-order valence-corrected chi connectivity index (χ4v) is 5.32. The molecule has 9 heteroatoms. The van der Waals surface area contributed by atoms with Crippen molar-refractivity contribution in [2.24, 2.45) is 0 Å². The molecule has 3 heterocycles. The summed E-state index contributed by atoms with van der Waals surface area (Å²) in [4.78, 5) is 40.6. The van der Waals surface area contributed by atoms with Crippen LogP contribution in [-0.2, 0) is 34.0 Å². The first-order chi connectivity index (χ1) is 17.7. The van der Waals surface area contributed by atoms with Gasteiger partial charge in [-0.15, -0.1) is 0 Å². The van der Waals surface area contributed by atoms with Crippen molar-refractivity contribution in [2.75, 3.05) is 18.4 Å². The van der Waals surface area contributed by atoms with Crippen molar-refractivity contribution in [1.82, 2.24) is 15.1 Å². The molecule has 2 saturated heterocycles. The molecule has 36 heavy (non-hydrogen) atoms. The fraction of sp³-hybridized carbons (Fsp3) is 0.444. The Balaban J connectivity index is 1.31. The van der Waals surface area contributed by atoms with Gasteiger partial charge in [0.05, 0.1) is 13.6 Å². The summed E-state index contributed by atoms with van der Waals surface area (Å²) < 4.78 is 29.9. The number of ether oxygens (including phenoxy) is 1. The molecule has 5 rings (SSSR count). The van der Waals surface area contributed by atoms with E-state index in [4.69, 9.17) is 6.11 Å². The van der Waals surface area contributed by atoms with Crippen LogP contribution in [-0.4, -0.2) is 58.8 Å². The maximum atomic E-state index is 15.4. The van der Waals surface area contributed by atoms with E-state index in [1.807, 2.05) is 19.9 Å². The quantitative estimate of drug-likeness (QED) is 0.599. The van der Waals surface area contributed by atoms with Crippen LogP contribution in [0.1, 0.15) is 55.1 Å². The van der Waals surface area contributed by atoms with E-state index in [9.17, 15) is 14.4 Å². The number of morpholine rings is 1. The molecule has 3 atom stereocenters. The summed E-state index contributed by atoms with van der Waals surface area (Å²) in [5.74, 6) is -1.93. The first kappa shape index (κ1) is 23.1. The monoisotopic (exact) mass is 495 g/mol. The predicted molar refractivity (Wildman–Crippen MR) is 131 cm³/mol. The number of nitrogens with one attached hydrogen (secondary N) is 2. The number of hydrogen-bond donors (Lipinski definition) is 2. The molecule has 3 unspecified atom stereocenters. The second kappa shape index (κ2) is 9.99. The second-order valence-electron chi connectivity index (χ2n) is 9.74. The third kappa shape index (κ3) is 4.85. The lowest BCUT2D eigenvalue weighted by Gasteiger charge is -2.35. The number of hydrogen-bond acceptors (Lipinski definition) is 6. The second-order valence-corrected chi connectivity index (χ2v) is 9.74. The zero-order valence-corrected chi connectivity index (χ0v) is 20.5. The van der Waals surface area contributed by atoms with E-state index >= 15 is 4.39 Å². The molecule has 0 aliphatic carbocycles. The molecule has 2 aromatic rings. The maximum absolute atomic E-state index is 15.4. The van der Waals surface area contributed by atoms with Crippen LogP contribution in [0.3, 0.4) is 0 Å². The molecule has 0 radical (unpaired) electrons. The van der Waals surface area contributed by atoms with E-state index < -0.39 is 23.7 Å². The SMILES string of the molecule is [2H]C1(N2Cc3c(NCc4cccc(CN5CC(C)OC(C)C5)c4F)cccc3C2=O)CCC(=O)NC1=O. The van der Waals surface area contributed by atoms with E-state index in [2.05, 4.69) is 15.5 Å². The van der Waals surface area contributed by atoms with Crippen molar-refractivity contribution in [3.05, 3.63) is 64.5 Å². The molecule has 2 N–H and O–H groups in total. The molecule has 2 fully saturated rings. The van der Waals surface area contributed by atoms with Crippen LogP contribution in [0.5, 0.6) is 0 Å². The predicted octanol–water partition coefficient (Wildman–Crippen LogP) is 2.81. The number of nitrogens with zero attached hydrogens (tertiary/aromatic N) is 2. The topological polar surface area (TPSA) is 91.0 Å². The number of carbonyl (C=O) groups excluding carboxylic acids is 3. The van der Waals surface area contributed by atoms with Crippen LogP contribution in [0.15, 0.2) is 36.4 Å². The average Bonchev–Trinajstić information content (AvgIpc) is 3.19. The molecule has 0 saturated carbocycles. The summed E-state index contributed by atoms with van der Waals surface area (Å²) in [5.41, 5.74) is 2.81. The average molecular weight is 496 g/mol. The normalized spacial score (nSPS) is 27.0. The molecule has 2 aromatic carbocycles. The molecule has 0 bridgehead atoms. The van der Waals surface area contributed by atoms with Gasteiger partial charge in [-0.3, -0.25) is 24.6 Å². The Hall–Kier alpha value is -3.30. The van der Waals surface area contributed by atoms with Crippen LogP contribution in [0.25, 0.3) is 0 Å². The Labute approximate surface area is 211 Å². The summed E-state index contributed by atoms with van der Waals surface area (Å²) in [7, 11) is 0. The number of benzene rings is 2. The Bertz CT molecular complexity index is 1250. The van der Waals surface area contributed by atoms with Gasteiger partial charge in [0.2, 0.25) is 11.8 Å². The largest absolute Gasteiger partial charge is 0.381 e. The first-order valence-corrected chi connectivity index (χ1v) is 12.3. The zero-order chi connectivity index (χ0) is 26.3. The van der Waals surface area contributed by atoms with Gasteiger partial charge in [-0.05, 0) is 32.4 Å². The Kier molecular flexibility index (Phi) is 6.41. The molecule has 3 aliphatic heterocycles. The van der Waals surface area contributed by atoms with Crippen molar-refractivity contribution in [3.63, 3.8) is 0 Å². The van der Waals surface area contributed by atoms with Gasteiger partial charge in [-0.2, -0.15) is 0 Å². The van der Waals surface area contributed by atoms with Gasteiger partial charge < -0.3 is 15.0 Å². The lowest BCUT2D eigenvalue weighted by atomic mass is 10.0. The molecule has 3 amide bonds. The van der Waals surface area contributed by atoms with Crippen molar-refractivity contribution in [1.29, 1.82) is 0 Å². The number of halogens is 1. The van der Waals surface area contributed by atoms with Gasteiger partial charge in [-0.1, -0.05) is 24.3 Å². The summed E-state index contributed by atoms with van der Waals surface area (Å²) in [6.45, 7) is 6.30. The van der Waals surface area contributed by atoms with Crippen LogP contribution in [0.4, 0.5) is 10.1 Å². The van der Waals surface area contributed by atoms with Gasteiger partial charge in [0.15, 0.2) is 0 Å². The smallest absolute Gasteiger partial charge is 0.255 e. The number of amides is 3. The van der Waals surface area contributed by atoms with Crippen LogP contribution in [0.2, 0.25) is 0 Å². The summed E-state index contributed by atoms with van der Waals surface area (Å²) in [6.07, 6.45) is 0.140. The van der Waals surface area contributed by atoms with Gasteiger partial charge in [0.25, 0.3) is 5.91 Å². The number of carbonyl (C=O) groups is 3. The van der Waals surface area contributed by atoms with Crippen LogP contribution < -0.4 is 10.6 Å². The minimum Gasteiger partial charge on any atom is -0.381 e. The minimum absolute atomic E-state index is 0.00162. The van der Waals surface area contributed by atoms with Crippen molar-refractivity contribution < 1.29 is 24.9 Å². The number of rotatable bonds is 6. The Morgan fingerprint density at radius 2 is 1.83 bits per heavy atom. The fourth-order valence-electron chi connectivity index (χ4n) is 5.32. The summed E-state index contributed by atoms with van der Waals surface area (Å²) in [6, 6.07) is 8.70. The van der Waals surface area contributed by atoms with E-state index in [1.54, 1.807) is 30.3 Å². The first-order valence-electron chi connectivity index (χ1n) is 12.8. The van der Waals surface area contributed by atoms with Crippen LogP contribution in [0, 0.1) is 5.82 Å². The lowest BCUT2D eigenvalue weighted by Crippen LogP contribution is -2.52. The standard InChI is InChI=1S/C27H31FN4O4/c1-16-12-31(13-17(2)36-16)14-19-6-3-5-18(25(19)28)11-29-22-8-4-7-20-21(22)15-32(27(20)35)23-9-10-24(33)30-26(23)34/h3-8,16-17,23,29H,9-15H2,1-2H3,(H,30,33,34)/i23D. The van der Waals surface area contributed by atoms with E-state index in [0.717, 1.165) is 13.1 Å². The van der Waals surface area contributed by atoms with Crippen molar-refractivity contribution in [3.8, 4) is 0 Å². The van der Waals surface area contributed by atoms with Gasteiger partial charge in [0.1, 0.15) is 11.8 Å². The lowest BCUT2D eigenvalue weighted by molar-refractivity contribution is -0.136. The molecule has 8 nitrogen and oxygen atoms in total. The van der Waals surface area contributed by atoms with Gasteiger partial charge >= 0.3 is 0 Å². The molecule has 190 valence electrons. The van der Waals surface area contributed by atoms with Crippen molar-refractivity contribution in [2.45, 2.75) is 64.5 Å². The number of imide groups is 1. The highest BCUT2D eigenvalue weighted by Gasteiger charge is 2.39. The molecule has 0 spiro atoms. The highest BCUT2D eigenvalue weighted by molar-refractivity contribution is 6.06. The number of anilines is 1. The third-order valence-electron chi connectivity index (χ3n) is 6.91. The summed E-state index contributed by atoms with van der Waals surface area (Å²) >= 11 is 0. The molecular formula is C27H31FN4O4. The molecule has 3 aliphatic rings. The number of fused-ring (bicyclic) bond motifs is 1. The highest BCUT2D eigenvalue weighted by atomic mass is 19.1. The summed E-state index contributed by atoms with van der Waals surface area (Å²) in [5, 5.41) is 5.43. The van der Waals surface area contributed by atoms with Crippen LogP contribution >= 0.6 is 0 Å². The maximum Gasteiger partial charge on any atom is 0.255 e. The zero-order valence-electron chi connectivity index (χ0n) is 21.5. The van der Waals surface area contributed by atoms with Crippen molar-refractivity contribution >= 4 is 23.4 Å². The number of piperidine rings is 1. The minimum atomic E-state index is -1.85. The van der Waals surface area contributed by atoms with E-state index in [0.29, 0.717) is 34.5 Å². The van der Waals surface area contributed by atoms with E-state index in [-0.39, 0.29) is 44.0 Å². The van der Waals surface area contributed by atoms with E-state index in [1.165, 1.54) is 4.90 Å². The Morgan fingerprint density at radius 1 is 1.11 bits per heavy atom. The third-order valence-corrected chi connectivity index (χ3v) is 6.91.